The van der Waals surface area contributed by atoms with E-state index in [-0.39, 0.29) is 16.1 Å². The normalized spacial score (nSPS) is 11.7. The average molecular weight is 304 g/mol. The van der Waals surface area contributed by atoms with Crippen molar-refractivity contribution in [2.24, 2.45) is 4.40 Å². The molecule has 0 saturated heterocycles. The van der Waals surface area contributed by atoms with Gasteiger partial charge in [0, 0.05) is 6.07 Å². The van der Waals surface area contributed by atoms with Gasteiger partial charge in [-0.1, -0.05) is 29.8 Å². The van der Waals surface area contributed by atoms with Crippen LogP contribution in [-0.4, -0.2) is 19.6 Å². The molecule has 0 spiro atoms. The average Bonchev–Trinajstić information content (AvgIpc) is 2.46. The molecule has 108 valence electrons. The Hall–Kier alpha value is -2.54. The molecule has 0 aliphatic carbocycles. The van der Waals surface area contributed by atoms with Gasteiger partial charge in [0.15, 0.2) is 0 Å². The Balaban J connectivity index is 2.37. The Labute approximate surface area is 122 Å². The van der Waals surface area contributed by atoms with Crippen molar-refractivity contribution < 1.29 is 13.3 Å². The fourth-order valence-corrected chi connectivity index (χ4v) is 2.51. The minimum absolute atomic E-state index is 0.0444. The van der Waals surface area contributed by atoms with Gasteiger partial charge < -0.3 is 0 Å². The quantitative estimate of drug-likeness (QED) is 0.493. The lowest BCUT2D eigenvalue weighted by molar-refractivity contribution is -0.385. The van der Waals surface area contributed by atoms with E-state index < -0.39 is 14.9 Å². The number of hydrogen-bond donors (Lipinski definition) is 0. The topological polar surface area (TPSA) is 89.6 Å². The van der Waals surface area contributed by atoms with Crippen LogP contribution in [0, 0.1) is 17.0 Å². The Kier molecular flexibility index (Phi) is 4.13. The van der Waals surface area contributed by atoms with Gasteiger partial charge in [-0.2, -0.15) is 12.8 Å². The molecule has 0 saturated carbocycles. The van der Waals surface area contributed by atoms with Crippen molar-refractivity contribution in [2.75, 3.05) is 0 Å². The highest BCUT2D eigenvalue weighted by molar-refractivity contribution is 7.90. The monoisotopic (exact) mass is 304 g/mol. The summed E-state index contributed by atoms with van der Waals surface area (Å²) in [6, 6.07) is 12.0. The summed E-state index contributed by atoms with van der Waals surface area (Å²) < 4.78 is 27.6. The molecule has 0 aliphatic heterocycles. The van der Waals surface area contributed by atoms with Gasteiger partial charge in [0.1, 0.15) is 0 Å². The molecular weight excluding hydrogens is 292 g/mol. The van der Waals surface area contributed by atoms with Gasteiger partial charge in [-0.05, 0) is 25.1 Å². The largest absolute Gasteiger partial charge is 0.282 e. The van der Waals surface area contributed by atoms with Crippen LogP contribution in [0.25, 0.3) is 0 Å². The lowest BCUT2D eigenvalue weighted by Crippen LogP contribution is -1.99. The summed E-state index contributed by atoms with van der Waals surface area (Å²) >= 11 is 0. The summed E-state index contributed by atoms with van der Waals surface area (Å²) in [7, 11) is -3.87. The molecular formula is C14H12N2O4S. The van der Waals surface area contributed by atoms with Crippen molar-refractivity contribution in [3.05, 3.63) is 69.8 Å². The fourth-order valence-electron chi connectivity index (χ4n) is 1.66. The third-order valence-electron chi connectivity index (χ3n) is 2.78. The first kappa shape index (κ1) is 14.9. The number of nitrogens with zero attached hydrogens (tertiary/aromatic N) is 2. The number of sulfonamides is 1. The van der Waals surface area contributed by atoms with E-state index in [9.17, 15) is 18.5 Å². The van der Waals surface area contributed by atoms with Crippen molar-refractivity contribution in [1.29, 1.82) is 0 Å². The van der Waals surface area contributed by atoms with E-state index >= 15 is 0 Å². The lowest BCUT2D eigenvalue weighted by Gasteiger charge is -2.00. The zero-order chi connectivity index (χ0) is 15.5. The van der Waals surface area contributed by atoms with Crippen molar-refractivity contribution in [1.82, 2.24) is 0 Å². The van der Waals surface area contributed by atoms with E-state index in [0.29, 0.717) is 0 Å². The van der Waals surface area contributed by atoms with E-state index in [2.05, 4.69) is 4.40 Å². The smallest absolute Gasteiger partial charge is 0.258 e. The molecule has 2 rings (SSSR count). The summed E-state index contributed by atoms with van der Waals surface area (Å²) in [6.07, 6.45) is 0.993. The zero-order valence-corrected chi connectivity index (χ0v) is 11.9. The van der Waals surface area contributed by atoms with Crippen LogP contribution in [0.1, 0.15) is 11.1 Å². The van der Waals surface area contributed by atoms with Gasteiger partial charge in [-0.25, -0.2) is 0 Å². The Morgan fingerprint density at radius 3 is 2.33 bits per heavy atom. The van der Waals surface area contributed by atoms with Gasteiger partial charge >= 0.3 is 0 Å². The lowest BCUT2D eigenvalue weighted by atomic mass is 10.2. The molecule has 0 radical (unpaired) electrons. The molecule has 0 amide bonds. The maximum absolute atomic E-state index is 12.0. The summed E-state index contributed by atoms with van der Waals surface area (Å²) in [5.41, 5.74) is 0.871. The minimum atomic E-state index is -3.87. The zero-order valence-electron chi connectivity index (χ0n) is 11.1. The summed E-state index contributed by atoms with van der Waals surface area (Å²) in [4.78, 5) is 10.3. The number of nitro groups is 1. The SMILES string of the molecule is Cc1ccc(S(=O)(=O)/N=C\c2ccccc2[N+](=O)[O-])cc1. The van der Waals surface area contributed by atoms with Gasteiger partial charge in [0.2, 0.25) is 0 Å². The standard InChI is InChI=1S/C14H12N2O4S/c1-11-6-8-13(9-7-11)21(19,20)15-10-12-4-2-3-5-14(12)16(17)18/h2-10H,1H3/b15-10-. The van der Waals surface area contributed by atoms with Gasteiger partial charge in [-0.15, -0.1) is 0 Å². The van der Waals surface area contributed by atoms with Crippen LogP contribution in [-0.2, 0) is 10.0 Å². The predicted molar refractivity (Wildman–Crippen MR) is 79.1 cm³/mol. The van der Waals surface area contributed by atoms with Crippen LogP contribution in [0.5, 0.6) is 0 Å². The number of para-hydroxylation sites is 1. The first-order valence-corrected chi connectivity index (χ1v) is 7.44. The molecule has 0 atom stereocenters. The van der Waals surface area contributed by atoms with Crippen LogP contribution in [0.2, 0.25) is 0 Å². The van der Waals surface area contributed by atoms with Crippen LogP contribution in [0.15, 0.2) is 57.8 Å². The number of nitro benzene ring substituents is 1. The Morgan fingerprint density at radius 1 is 1.10 bits per heavy atom. The highest BCUT2D eigenvalue weighted by atomic mass is 32.2. The van der Waals surface area contributed by atoms with Crippen molar-refractivity contribution in [3.63, 3.8) is 0 Å². The van der Waals surface area contributed by atoms with E-state index in [0.717, 1.165) is 11.8 Å². The van der Waals surface area contributed by atoms with Gasteiger partial charge in [-0.3, -0.25) is 10.1 Å². The molecule has 21 heavy (non-hydrogen) atoms. The third-order valence-corrected chi connectivity index (χ3v) is 4.03. The van der Waals surface area contributed by atoms with Crippen LogP contribution < -0.4 is 0 Å². The highest BCUT2D eigenvalue weighted by Crippen LogP contribution is 2.17. The number of rotatable bonds is 4. The predicted octanol–water partition coefficient (Wildman–Crippen LogP) is 2.71. The molecule has 7 heteroatoms. The van der Waals surface area contributed by atoms with E-state index in [1.165, 1.54) is 30.3 Å². The van der Waals surface area contributed by atoms with Crippen LogP contribution in [0.3, 0.4) is 0 Å². The first-order chi connectivity index (χ1) is 9.90. The molecule has 0 heterocycles. The first-order valence-electron chi connectivity index (χ1n) is 6.00. The second kappa shape index (κ2) is 5.84. The number of aryl methyl sites for hydroxylation is 1. The van der Waals surface area contributed by atoms with Crippen LogP contribution in [0.4, 0.5) is 5.69 Å². The molecule has 0 aliphatic rings. The maximum Gasteiger partial charge on any atom is 0.282 e. The Morgan fingerprint density at radius 2 is 1.71 bits per heavy atom. The number of benzene rings is 2. The maximum atomic E-state index is 12.0. The molecule has 0 fully saturated rings. The molecule has 0 N–H and O–H groups in total. The molecule has 2 aromatic rings. The van der Waals surface area contributed by atoms with Crippen LogP contribution >= 0.6 is 0 Å². The molecule has 0 unspecified atom stereocenters. The molecule has 0 aromatic heterocycles. The van der Waals surface area contributed by atoms with E-state index in [1.807, 2.05) is 6.92 Å². The van der Waals surface area contributed by atoms with E-state index in [4.69, 9.17) is 0 Å². The van der Waals surface area contributed by atoms with Crippen molar-refractivity contribution in [3.8, 4) is 0 Å². The Bertz CT molecular complexity index is 796. The summed E-state index contributed by atoms with van der Waals surface area (Å²) in [5, 5.41) is 10.8. The second-order valence-corrected chi connectivity index (χ2v) is 5.97. The van der Waals surface area contributed by atoms with Crippen molar-refractivity contribution in [2.45, 2.75) is 11.8 Å². The summed E-state index contributed by atoms with van der Waals surface area (Å²) in [5.74, 6) is 0. The molecule has 6 nitrogen and oxygen atoms in total. The molecule has 0 bridgehead atoms. The molecule has 2 aromatic carbocycles. The third kappa shape index (κ3) is 3.51. The second-order valence-electron chi connectivity index (χ2n) is 4.34. The van der Waals surface area contributed by atoms with Gasteiger partial charge in [0.05, 0.1) is 21.6 Å². The number of hydrogen-bond acceptors (Lipinski definition) is 4. The summed E-state index contributed by atoms with van der Waals surface area (Å²) in [6.45, 7) is 1.84. The van der Waals surface area contributed by atoms with E-state index in [1.54, 1.807) is 18.2 Å². The fraction of sp³-hybridized carbons (Fsp3) is 0.0714. The highest BCUT2D eigenvalue weighted by Gasteiger charge is 2.14. The minimum Gasteiger partial charge on any atom is -0.258 e. The van der Waals surface area contributed by atoms with Gasteiger partial charge in [0.25, 0.3) is 15.7 Å². The van der Waals surface area contributed by atoms with Crippen molar-refractivity contribution >= 4 is 21.9 Å².